The van der Waals surface area contributed by atoms with Gasteiger partial charge in [-0.2, -0.15) is 0 Å². The van der Waals surface area contributed by atoms with Gasteiger partial charge in [-0.25, -0.2) is 8.78 Å². The Morgan fingerprint density at radius 1 is 0.941 bits per heavy atom. The van der Waals surface area contributed by atoms with Crippen LogP contribution in [0.5, 0.6) is 5.75 Å². The van der Waals surface area contributed by atoms with Crippen LogP contribution in [0.2, 0.25) is 0 Å². The second-order valence-corrected chi connectivity index (χ2v) is 7.72. The first kappa shape index (κ1) is 23.0. The number of hydrogen-bond donors (Lipinski definition) is 1. The summed E-state index contributed by atoms with van der Waals surface area (Å²) >= 11 is 0. The molecule has 34 heavy (non-hydrogen) atoms. The van der Waals surface area contributed by atoms with Crippen molar-refractivity contribution in [2.24, 2.45) is 0 Å². The number of halogens is 2. The summed E-state index contributed by atoms with van der Waals surface area (Å²) in [4.78, 5) is 27.8. The van der Waals surface area contributed by atoms with E-state index in [9.17, 15) is 23.7 Å². The van der Waals surface area contributed by atoms with Gasteiger partial charge in [-0.1, -0.05) is 12.1 Å². The molecule has 10 heteroatoms. The van der Waals surface area contributed by atoms with Crippen molar-refractivity contribution in [3.05, 3.63) is 88.0 Å². The number of piperazine rings is 1. The minimum Gasteiger partial charge on any atom is -0.495 e. The Labute approximate surface area is 194 Å². The van der Waals surface area contributed by atoms with Crippen LogP contribution in [0, 0.1) is 21.7 Å². The number of nitro groups is 1. The van der Waals surface area contributed by atoms with Crippen molar-refractivity contribution in [1.82, 2.24) is 0 Å². The molecule has 0 saturated carbocycles. The Morgan fingerprint density at radius 3 is 2.18 bits per heavy atom. The van der Waals surface area contributed by atoms with Crippen LogP contribution in [0.15, 0.2) is 60.7 Å². The molecular weight excluding hydrogens is 446 g/mol. The van der Waals surface area contributed by atoms with Crippen molar-refractivity contribution in [1.29, 1.82) is 0 Å². The molecule has 4 rings (SSSR count). The molecule has 176 valence electrons. The fourth-order valence-electron chi connectivity index (χ4n) is 3.99. The van der Waals surface area contributed by atoms with Crippen molar-refractivity contribution in [3.8, 4) is 5.75 Å². The van der Waals surface area contributed by atoms with Crippen LogP contribution in [0.4, 0.5) is 31.5 Å². The lowest BCUT2D eigenvalue weighted by Crippen LogP contribution is -2.46. The summed E-state index contributed by atoms with van der Waals surface area (Å²) in [5, 5.41) is 14.1. The molecule has 3 aromatic carbocycles. The molecule has 8 nitrogen and oxygen atoms in total. The summed E-state index contributed by atoms with van der Waals surface area (Å²) in [5.41, 5.74) is 1.07. The zero-order valence-electron chi connectivity index (χ0n) is 18.3. The molecule has 1 fully saturated rings. The molecular formula is C24H22F2N4O4. The lowest BCUT2D eigenvalue weighted by atomic mass is 10.1. The van der Waals surface area contributed by atoms with Crippen LogP contribution in [-0.4, -0.2) is 44.1 Å². The smallest absolute Gasteiger partial charge is 0.293 e. The predicted molar refractivity (Wildman–Crippen MR) is 125 cm³/mol. The predicted octanol–water partition coefficient (Wildman–Crippen LogP) is 4.46. The highest BCUT2D eigenvalue weighted by Gasteiger charge is 2.26. The molecule has 0 aromatic heterocycles. The number of ether oxygens (including phenoxy) is 1. The fourth-order valence-corrected chi connectivity index (χ4v) is 3.99. The Balaban J connectivity index is 1.51. The number of rotatable bonds is 6. The van der Waals surface area contributed by atoms with E-state index < -0.39 is 22.5 Å². The number of anilines is 3. The van der Waals surface area contributed by atoms with E-state index in [1.807, 2.05) is 29.2 Å². The molecule has 0 bridgehead atoms. The van der Waals surface area contributed by atoms with E-state index in [0.29, 0.717) is 37.9 Å². The molecule has 1 saturated heterocycles. The van der Waals surface area contributed by atoms with Crippen LogP contribution < -0.4 is 19.9 Å². The summed E-state index contributed by atoms with van der Waals surface area (Å²) in [6.07, 6.45) is 0. The number of benzene rings is 3. The third-order valence-corrected chi connectivity index (χ3v) is 5.60. The summed E-state index contributed by atoms with van der Waals surface area (Å²) in [6, 6.07) is 14.4. The van der Waals surface area contributed by atoms with Crippen molar-refractivity contribution in [2.45, 2.75) is 0 Å². The van der Waals surface area contributed by atoms with Crippen molar-refractivity contribution >= 4 is 28.7 Å². The van der Waals surface area contributed by atoms with Crippen LogP contribution in [0.1, 0.15) is 10.4 Å². The average Bonchev–Trinajstić information content (AvgIpc) is 2.83. The van der Waals surface area contributed by atoms with Crippen molar-refractivity contribution in [2.75, 3.05) is 48.4 Å². The van der Waals surface area contributed by atoms with E-state index in [0.717, 1.165) is 23.6 Å². The summed E-state index contributed by atoms with van der Waals surface area (Å²) in [6.45, 7) is 2.33. The monoisotopic (exact) mass is 468 g/mol. The summed E-state index contributed by atoms with van der Waals surface area (Å²) in [5.74, 6) is -1.64. The van der Waals surface area contributed by atoms with E-state index >= 15 is 0 Å². The zero-order valence-corrected chi connectivity index (χ0v) is 18.3. The third-order valence-electron chi connectivity index (χ3n) is 5.60. The number of nitrogens with one attached hydrogen (secondary N) is 1. The maximum Gasteiger partial charge on any atom is 0.293 e. The van der Waals surface area contributed by atoms with Crippen LogP contribution in [0.3, 0.4) is 0 Å². The lowest BCUT2D eigenvalue weighted by molar-refractivity contribution is -0.384. The highest BCUT2D eigenvalue weighted by Crippen LogP contribution is 2.33. The lowest BCUT2D eigenvalue weighted by Gasteiger charge is -2.37. The number of amides is 1. The molecule has 0 spiro atoms. The number of para-hydroxylation sites is 2. The zero-order chi connectivity index (χ0) is 24.2. The van der Waals surface area contributed by atoms with Gasteiger partial charge in [0.25, 0.3) is 11.6 Å². The Kier molecular flexibility index (Phi) is 6.58. The first-order chi connectivity index (χ1) is 16.4. The quantitative estimate of drug-likeness (QED) is 0.425. The van der Waals surface area contributed by atoms with Crippen LogP contribution >= 0.6 is 0 Å². The maximum absolute atomic E-state index is 13.4. The second kappa shape index (κ2) is 9.74. The van der Waals surface area contributed by atoms with Gasteiger partial charge in [0, 0.05) is 49.6 Å². The molecule has 1 aliphatic heterocycles. The average molecular weight is 468 g/mol. The van der Waals surface area contributed by atoms with Gasteiger partial charge >= 0.3 is 0 Å². The molecule has 3 aromatic rings. The SMILES string of the molecule is COc1ccccc1N1CCN(c2ccc(C(=O)Nc3cc(F)cc(F)c3)cc2[N+](=O)[O-])CC1. The van der Waals surface area contributed by atoms with Gasteiger partial charge in [-0.3, -0.25) is 14.9 Å². The first-order valence-electron chi connectivity index (χ1n) is 10.5. The van der Waals surface area contributed by atoms with E-state index in [2.05, 4.69) is 10.2 Å². The fraction of sp³-hybridized carbons (Fsp3) is 0.208. The van der Waals surface area contributed by atoms with E-state index in [-0.39, 0.29) is 16.9 Å². The second-order valence-electron chi connectivity index (χ2n) is 7.72. The molecule has 0 aliphatic carbocycles. The van der Waals surface area contributed by atoms with E-state index in [4.69, 9.17) is 4.74 Å². The third kappa shape index (κ3) is 4.90. The minimum absolute atomic E-state index is 0.00720. The Morgan fingerprint density at radius 2 is 1.56 bits per heavy atom. The van der Waals surface area contributed by atoms with Gasteiger partial charge in [0.2, 0.25) is 0 Å². The van der Waals surface area contributed by atoms with Crippen molar-refractivity contribution < 1.29 is 23.2 Å². The minimum atomic E-state index is -0.844. The van der Waals surface area contributed by atoms with Gasteiger partial charge in [0.05, 0.1) is 17.7 Å². The number of carbonyl (C=O) groups is 1. The highest BCUT2D eigenvalue weighted by molar-refractivity contribution is 6.05. The summed E-state index contributed by atoms with van der Waals surface area (Å²) in [7, 11) is 1.61. The van der Waals surface area contributed by atoms with Gasteiger partial charge in [-0.05, 0) is 36.4 Å². The van der Waals surface area contributed by atoms with Gasteiger partial charge in [0.1, 0.15) is 23.1 Å². The topological polar surface area (TPSA) is 88.0 Å². The standard InChI is InChI=1S/C24H22F2N4O4/c1-34-23-5-3-2-4-21(23)29-10-8-28(9-11-29)20-7-6-16(12-22(20)30(32)33)24(31)27-19-14-17(25)13-18(26)15-19/h2-7,12-15H,8-11H2,1H3,(H,27,31). The highest BCUT2D eigenvalue weighted by atomic mass is 19.1. The van der Waals surface area contributed by atoms with E-state index in [1.54, 1.807) is 7.11 Å². The normalized spacial score (nSPS) is 13.5. The van der Waals surface area contributed by atoms with E-state index in [1.165, 1.54) is 18.2 Å². The largest absolute Gasteiger partial charge is 0.495 e. The number of methoxy groups -OCH3 is 1. The van der Waals surface area contributed by atoms with Crippen LogP contribution in [-0.2, 0) is 0 Å². The summed E-state index contributed by atoms with van der Waals surface area (Å²) < 4.78 is 32.2. The molecule has 0 atom stereocenters. The number of nitro benzene ring substituents is 1. The van der Waals surface area contributed by atoms with Gasteiger partial charge in [-0.15, -0.1) is 0 Å². The number of carbonyl (C=O) groups excluding carboxylic acids is 1. The molecule has 1 amide bonds. The van der Waals surface area contributed by atoms with Crippen LogP contribution in [0.25, 0.3) is 0 Å². The number of hydrogen-bond acceptors (Lipinski definition) is 6. The number of nitrogens with zero attached hydrogens (tertiary/aromatic N) is 3. The molecule has 1 N–H and O–H groups in total. The Hall–Kier alpha value is -4.21. The van der Waals surface area contributed by atoms with Crippen molar-refractivity contribution in [3.63, 3.8) is 0 Å². The molecule has 1 aliphatic rings. The Bertz CT molecular complexity index is 1210. The van der Waals surface area contributed by atoms with Gasteiger partial charge in [0.15, 0.2) is 0 Å². The molecule has 0 unspecified atom stereocenters. The maximum atomic E-state index is 13.4. The van der Waals surface area contributed by atoms with Gasteiger partial charge < -0.3 is 19.9 Å². The first-order valence-corrected chi connectivity index (χ1v) is 10.5. The molecule has 1 heterocycles. The molecule has 0 radical (unpaired) electrons.